The average Bonchev–Trinajstić information content (AvgIpc) is 2.68. The summed E-state index contributed by atoms with van der Waals surface area (Å²) in [6.07, 6.45) is 9.72. The van der Waals surface area contributed by atoms with Gasteiger partial charge in [-0.05, 0) is 44.3 Å². The lowest BCUT2D eigenvalue weighted by atomic mass is 10.0. The molecule has 1 N–H and O–H groups in total. The van der Waals surface area contributed by atoms with E-state index in [1.807, 2.05) is 0 Å². The Morgan fingerprint density at radius 2 is 1.28 bits per heavy atom. The Labute approximate surface area is 191 Å². The van der Waals surface area contributed by atoms with Gasteiger partial charge < -0.3 is 19.3 Å². The summed E-state index contributed by atoms with van der Waals surface area (Å²) < 4.78 is 16.2. The van der Waals surface area contributed by atoms with Crippen molar-refractivity contribution < 1.29 is 38.5 Å². The van der Waals surface area contributed by atoms with E-state index < -0.39 is 42.2 Å². The number of aliphatic carboxylic acids is 1. The first-order valence-electron chi connectivity index (χ1n) is 11.6. The molecular formula is C24H40O8. The van der Waals surface area contributed by atoms with Crippen molar-refractivity contribution in [2.24, 2.45) is 0 Å². The minimum absolute atomic E-state index is 0.179. The lowest BCUT2D eigenvalue weighted by Crippen LogP contribution is -2.33. The van der Waals surface area contributed by atoms with E-state index in [9.17, 15) is 19.2 Å². The van der Waals surface area contributed by atoms with Crippen molar-refractivity contribution in [3.05, 3.63) is 12.2 Å². The Morgan fingerprint density at radius 3 is 1.84 bits per heavy atom. The lowest BCUT2D eigenvalue weighted by molar-refractivity contribution is -0.162. The lowest BCUT2D eigenvalue weighted by Gasteiger charge is -2.24. The van der Waals surface area contributed by atoms with Crippen molar-refractivity contribution in [2.75, 3.05) is 0 Å². The Bertz CT molecular complexity index is 599. The highest BCUT2D eigenvalue weighted by molar-refractivity contribution is 5.68. The molecule has 0 aromatic heterocycles. The molecule has 0 aromatic carbocycles. The summed E-state index contributed by atoms with van der Waals surface area (Å²) in [5, 5.41) is 8.66. The van der Waals surface area contributed by atoms with Crippen LogP contribution in [0.5, 0.6) is 0 Å². The van der Waals surface area contributed by atoms with E-state index in [2.05, 4.69) is 6.92 Å². The highest BCUT2D eigenvalue weighted by atomic mass is 16.6. The van der Waals surface area contributed by atoms with Gasteiger partial charge in [0, 0.05) is 27.2 Å². The number of esters is 3. The molecule has 0 saturated heterocycles. The van der Waals surface area contributed by atoms with Crippen LogP contribution in [-0.4, -0.2) is 47.3 Å². The first-order valence-corrected chi connectivity index (χ1v) is 11.6. The van der Waals surface area contributed by atoms with E-state index in [1.165, 1.54) is 20.8 Å². The highest BCUT2D eigenvalue weighted by Crippen LogP contribution is 2.18. The molecule has 0 heterocycles. The fourth-order valence-corrected chi connectivity index (χ4v) is 3.32. The third kappa shape index (κ3) is 17.3. The number of hydrogen-bond acceptors (Lipinski definition) is 7. The highest BCUT2D eigenvalue weighted by Gasteiger charge is 2.25. The topological polar surface area (TPSA) is 116 Å². The molecule has 184 valence electrons. The van der Waals surface area contributed by atoms with E-state index in [-0.39, 0.29) is 6.42 Å². The molecule has 8 nitrogen and oxygen atoms in total. The Balaban J connectivity index is 5.01. The van der Waals surface area contributed by atoms with Gasteiger partial charge in [0.2, 0.25) is 0 Å². The summed E-state index contributed by atoms with van der Waals surface area (Å²) in [6.45, 7) is 6.02. The normalized spacial score (nSPS) is 13.9. The number of ether oxygens (including phenoxy) is 3. The van der Waals surface area contributed by atoms with Crippen LogP contribution in [0.2, 0.25) is 0 Å². The smallest absolute Gasteiger partial charge is 0.303 e. The quantitative estimate of drug-likeness (QED) is 0.136. The van der Waals surface area contributed by atoms with Crippen LogP contribution in [0.25, 0.3) is 0 Å². The summed E-state index contributed by atoms with van der Waals surface area (Å²) in [4.78, 5) is 45.2. The number of hydrogen-bond donors (Lipinski definition) is 1. The second-order valence-electron chi connectivity index (χ2n) is 7.95. The standard InChI is InChI=1S/C24H40O8/c1-5-6-10-14-22(31-19(3)26)23(32-20(4)27)17-16-21(30-18(2)25)13-11-8-7-9-12-15-24(28)29/h16-17,21-23H,5-15H2,1-4H3,(H,28,29)/b17-16+. The third-order valence-electron chi connectivity index (χ3n) is 4.79. The molecule has 0 aliphatic heterocycles. The van der Waals surface area contributed by atoms with E-state index in [0.717, 1.165) is 44.9 Å². The third-order valence-corrected chi connectivity index (χ3v) is 4.79. The summed E-state index contributed by atoms with van der Waals surface area (Å²) in [5.41, 5.74) is 0. The molecule has 32 heavy (non-hydrogen) atoms. The zero-order valence-corrected chi connectivity index (χ0v) is 20.0. The molecular weight excluding hydrogens is 416 g/mol. The molecule has 0 bridgehead atoms. The number of rotatable bonds is 18. The Kier molecular flexibility index (Phi) is 16.9. The Hall–Kier alpha value is -2.38. The maximum absolute atomic E-state index is 11.6. The van der Waals surface area contributed by atoms with E-state index >= 15 is 0 Å². The van der Waals surface area contributed by atoms with Gasteiger partial charge in [-0.25, -0.2) is 0 Å². The molecule has 0 radical (unpaired) electrons. The van der Waals surface area contributed by atoms with Crippen LogP contribution in [0, 0.1) is 0 Å². The molecule has 3 unspecified atom stereocenters. The second kappa shape index (κ2) is 18.2. The van der Waals surface area contributed by atoms with Gasteiger partial charge in [-0.1, -0.05) is 39.0 Å². The fourth-order valence-electron chi connectivity index (χ4n) is 3.32. The van der Waals surface area contributed by atoms with Gasteiger partial charge in [0.05, 0.1) is 0 Å². The fraction of sp³-hybridized carbons (Fsp3) is 0.750. The molecule has 0 amide bonds. The molecule has 0 saturated carbocycles. The number of carbonyl (C=O) groups is 4. The van der Waals surface area contributed by atoms with Crippen LogP contribution in [0.4, 0.5) is 0 Å². The zero-order chi connectivity index (χ0) is 24.4. The van der Waals surface area contributed by atoms with Gasteiger partial charge in [-0.2, -0.15) is 0 Å². The molecule has 3 atom stereocenters. The summed E-state index contributed by atoms with van der Waals surface area (Å²) >= 11 is 0. The average molecular weight is 457 g/mol. The maximum Gasteiger partial charge on any atom is 0.303 e. The predicted octanol–water partition coefficient (Wildman–Crippen LogP) is 4.73. The Morgan fingerprint density at radius 1 is 0.719 bits per heavy atom. The molecule has 0 fully saturated rings. The minimum atomic E-state index is -0.783. The van der Waals surface area contributed by atoms with Crippen LogP contribution in [0.15, 0.2) is 12.2 Å². The molecule has 0 spiro atoms. The van der Waals surface area contributed by atoms with Crippen molar-refractivity contribution >= 4 is 23.9 Å². The van der Waals surface area contributed by atoms with Gasteiger partial charge in [-0.3, -0.25) is 19.2 Å². The van der Waals surface area contributed by atoms with Gasteiger partial charge in [-0.15, -0.1) is 0 Å². The van der Waals surface area contributed by atoms with Gasteiger partial charge >= 0.3 is 23.9 Å². The van der Waals surface area contributed by atoms with Crippen LogP contribution in [-0.2, 0) is 33.4 Å². The summed E-state index contributed by atoms with van der Waals surface area (Å²) in [6, 6.07) is 0. The minimum Gasteiger partial charge on any atom is -0.481 e. The van der Waals surface area contributed by atoms with E-state index in [1.54, 1.807) is 12.2 Å². The van der Waals surface area contributed by atoms with Crippen molar-refractivity contribution in [1.29, 1.82) is 0 Å². The van der Waals surface area contributed by atoms with Crippen molar-refractivity contribution in [3.8, 4) is 0 Å². The van der Waals surface area contributed by atoms with Gasteiger partial charge in [0.25, 0.3) is 0 Å². The molecule has 8 heteroatoms. The molecule has 0 rings (SSSR count). The van der Waals surface area contributed by atoms with Crippen LogP contribution < -0.4 is 0 Å². The van der Waals surface area contributed by atoms with Crippen molar-refractivity contribution in [1.82, 2.24) is 0 Å². The first-order chi connectivity index (χ1) is 15.1. The zero-order valence-electron chi connectivity index (χ0n) is 20.0. The summed E-state index contributed by atoms with van der Waals surface area (Å²) in [5.74, 6) is -2.13. The number of carboxylic acids is 1. The van der Waals surface area contributed by atoms with Crippen molar-refractivity contribution in [3.63, 3.8) is 0 Å². The number of unbranched alkanes of at least 4 members (excludes halogenated alkanes) is 6. The molecule has 0 aromatic rings. The number of carboxylic acid groups (broad SMARTS) is 1. The first kappa shape index (κ1) is 29.6. The maximum atomic E-state index is 11.6. The SMILES string of the molecule is CCCCCC(OC(C)=O)C(/C=C/C(CCCCCCCC(=O)O)OC(C)=O)OC(C)=O. The number of carbonyl (C=O) groups excluding carboxylic acids is 3. The van der Waals surface area contributed by atoms with Crippen LogP contribution in [0.3, 0.4) is 0 Å². The van der Waals surface area contributed by atoms with Gasteiger partial charge in [0.15, 0.2) is 6.10 Å². The van der Waals surface area contributed by atoms with Gasteiger partial charge in [0.1, 0.15) is 12.2 Å². The second-order valence-corrected chi connectivity index (χ2v) is 7.95. The van der Waals surface area contributed by atoms with Crippen LogP contribution >= 0.6 is 0 Å². The monoisotopic (exact) mass is 456 g/mol. The molecule has 0 aliphatic carbocycles. The predicted molar refractivity (Wildman–Crippen MR) is 120 cm³/mol. The van der Waals surface area contributed by atoms with Crippen molar-refractivity contribution in [2.45, 2.75) is 117 Å². The molecule has 0 aliphatic rings. The van der Waals surface area contributed by atoms with Crippen LogP contribution in [0.1, 0.15) is 98.3 Å². The largest absolute Gasteiger partial charge is 0.481 e. The van der Waals surface area contributed by atoms with E-state index in [0.29, 0.717) is 19.3 Å². The van der Waals surface area contributed by atoms with E-state index in [4.69, 9.17) is 19.3 Å². The summed E-state index contributed by atoms with van der Waals surface area (Å²) in [7, 11) is 0.